The molecule has 6 heteroatoms. The van der Waals surface area contributed by atoms with Gasteiger partial charge in [0.1, 0.15) is 0 Å². The van der Waals surface area contributed by atoms with E-state index in [0.29, 0.717) is 6.54 Å². The van der Waals surface area contributed by atoms with Crippen LogP contribution < -0.4 is 4.72 Å². The Labute approximate surface area is 101 Å². The number of hydrogen-bond acceptors (Lipinski definition) is 3. The number of allylic oxidation sites excluding steroid dienone is 1. The van der Waals surface area contributed by atoms with Crippen molar-refractivity contribution in [2.24, 2.45) is 0 Å². The van der Waals surface area contributed by atoms with E-state index in [4.69, 9.17) is 0 Å². The lowest BCUT2D eigenvalue weighted by Crippen LogP contribution is -2.25. The molecule has 0 aromatic carbocycles. The maximum Gasteiger partial charge on any atom is 0.257 e. The van der Waals surface area contributed by atoms with E-state index in [2.05, 4.69) is 20.8 Å². The molecule has 1 aliphatic carbocycles. The number of sulfonamides is 1. The van der Waals surface area contributed by atoms with Crippen LogP contribution in [-0.4, -0.2) is 24.9 Å². The molecule has 94 valence electrons. The van der Waals surface area contributed by atoms with Crippen LogP contribution in [0.3, 0.4) is 0 Å². The third-order valence-corrected chi connectivity index (χ3v) is 4.27. The summed E-state index contributed by atoms with van der Waals surface area (Å²) in [6.45, 7) is 0.452. The van der Waals surface area contributed by atoms with Crippen molar-refractivity contribution < 1.29 is 8.42 Å². The highest BCUT2D eigenvalue weighted by Crippen LogP contribution is 2.19. The Morgan fingerprint density at radius 1 is 1.41 bits per heavy atom. The van der Waals surface area contributed by atoms with Gasteiger partial charge in [0.25, 0.3) is 10.0 Å². The van der Waals surface area contributed by atoms with Gasteiger partial charge in [0.2, 0.25) is 0 Å². The molecule has 0 atom stereocenters. The van der Waals surface area contributed by atoms with Crippen LogP contribution in [0.2, 0.25) is 0 Å². The maximum absolute atomic E-state index is 11.7. The van der Waals surface area contributed by atoms with Gasteiger partial charge in [-0.15, -0.1) is 0 Å². The topological polar surface area (TPSA) is 74.8 Å². The second-order valence-corrected chi connectivity index (χ2v) is 5.91. The number of H-pyrrole nitrogens is 1. The number of aromatic nitrogens is 2. The fourth-order valence-corrected chi connectivity index (χ4v) is 2.88. The number of nitrogens with one attached hydrogen (secondary N) is 2. The Balaban J connectivity index is 1.84. The minimum Gasteiger partial charge on any atom is -0.335 e. The average molecular weight is 255 g/mol. The molecule has 1 heterocycles. The molecule has 1 aliphatic rings. The standard InChI is InChI=1S/C11H17N3O2S/c15-17(16,11-8-12-9-13-11)14-7-6-10-4-2-1-3-5-10/h4,8-9,14H,1-3,5-7H2,(H,12,13). The summed E-state index contributed by atoms with van der Waals surface area (Å²) in [4.78, 5) is 6.29. The zero-order valence-electron chi connectivity index (χ0n) is 9.65. The van der Waals surface area contributed by atoms with Crippen LogP contribution in [0.25, 0.3) is 0 Å². The molecular weight excluding hydrogens is 238 g/mol. The quantitative estimate of drug-likeness (QED) is 0.784. The Morgan fingerprint density at radius 2 is 2.29 bits per heavy atom. The van der Waals surface area contributed by atoms with Gasteiger partial charge < -0.3 is 4.98 Å². The molecule has 1 aromatic heterocycles. The van der Waals surface area contributed by atoms with Gasteiger partial charge in [-0.2, -0.15) is 0 Å². The highest BCUT2D eigenvalue weighted by atomic mass is 32.2. The lowest BCUT2D eigenvalue weighted by atomic mass is 9.97. The van der Waals surface area contributed by atoms with Gasteiger partial charge in [-0.1, -0.05) is 11.6 Å². The van der Waals surface area contributed by atoms with E-state index in [1.54, 1.807) is 0 Å². The molecule has 0 fully saturated rings. The Kier molecular flexibility index (Phi) is 3.96. The molecule has 2 rings (SSSR count). The summed E-state index contributed by atoms with van der Waals surface area (Å²) in [6.07, 6.45) is 10.4. The number of hydrogen-bond donors (Lipinski definition) is 2. The van der Waals surface area contributed by atoms with Crippen molar-refractivity contribution in [2.45, 2.75) is 37.1 Å². The van der Waals surface area contributed by atoms with Crippen LogP contribution in [0.4, 0.5) is 0 Å². The first-order chi connectivity index (χ1) is 8.18. The third kappa shape index (κ3) is 3.41. The minimum atomic E-state index is -3.41. The van der Waals surface area contributed by atoms with Crippen LogP contribution >= 0.6 is 0 Å². The monoisotopic (exact) mass is 255 g/mol. The second kappa shape index (κ2) is 5.46. The summed E-state index contributed by atoms with van der Waals surface area (Å²) >= 11 is 0. The molecule has 0 amide bonds. The van der Waals surface area contributed by atoms with Crippen molar-refractivity contribution in [3.8, 4) is 0 Å². The first-order valence-electron chi connectivity index (χ1n) is 5.84. The molecule has 0 unspecified atom stereocenters. The molecule has 0 spiro atoms. The normalized spacial score (nSPS) is 16.8. The van der Waals surface area contributed by atoms with Gasteiger partial charge in [0.05, 0.1) is 12.5 Å². The van der Waals surface area contributed by atoms with Gasteiger partial charge in [-0.05, 0) is 32.1 Å². The van der Waals surface area contributed by atoms with E-state index in [0.717, 1.165) is 19.3 Å². The van der Waals surface area contributed by atoms with E-state index >= 15 is 0 Å². The highest BCUT2D eigenvalue weighted by Gasteiger charge is 2.14. The van der Waals surface area contributed by atoms with E-state index in [-0.39, 0.29) is 5.03 Å². The molecule has 0 radical (unpaired) electrons. The summed E-state index contributed by atoms with van der Waals surface area (Å²) in [5.74, 6) is 0. The minimum absolute atomic E-state index is 0.120. The molecule has 0 saturated carbocycles. The predicted octanol–water partition coefficient (Wildman–Crippen LogP) is 1.58. The van der Waals surface area contributed by atoms with Crippen LogP contribution in [0.1, 0.15) is 32.1 Å². The van der Waals surface area contributed by atoms with Crippen LogP contribution in [-0.2, 0) is 10.0 Å². The number of aromatic amines is 1. The lowest BCUT2D eigenvalue weighted by Gasteiger charge is -2.12. The smallest absolute Gasteiger partial charge is 0.257 e. The summed E-state index contributed by atoms with van der Waals surface area (Å²) in [7, 11) is -3.41. The summed E-state index contributed by atoms with van der Waals surface area (Å²) in [6, 6.07) is 0. The van der Waals surface area contributed by atoms with Crippen molar-refractivity contribution in [3.05, 3.63) is 24.2 Å². The van der Waals surface area contributed by atoms with Gasteiger partial charge in [0.15, 0.2) is 5.03 Å². The zero-order valence-corrected chi connectivity index (χ0v) is 10.5. The van der Waals surface area contributed by atoms with Crippen molar-refractivity contribution in [3.63, 3.8) is 0 Å². The zero-order chi connectivity index (χ0) is 12.1. The molecule has 0 saturated heterocycles. The Hall–Kier alpha value is -1.14. The van der Waals surface area contributed by atoms with E-state index in [1.165, 1.54) is 30.9 Å². The fraction of sp³-hybridized carbons (Fsp3) is 0.545. The maximum atomic E-state index is 11.7. The van der Waals surface area contributed by atoms with Gasteiger partial charge in [-0.3, -0.25) is 0 Å². The van der Waals surface area contributed by atoms with Crippen LogP contribution in [0.5, 0.6) is 0 Å². The molecule has 2 N–H and O–H groups in total. The van der Waals surface area contributed by atoms with Crippen LogP contribution in [0, 0.1) is 0 Å². The number of nitrogens with zero attached hydrogens (tertiary/aromatic N) is 1. The first-order valence-corrected chi connectivity index (χ1v) is 7.33. The van der Waals surface area contributed by atoms with Gasteiger partial charge in [-0.25, -0.2) is 18.1 Å². The molecule has 17 heavy (non-hydrogen) atoms. The second-order valence-electron chi connectivity index (χ2n) is 4.17. The van der Waals surface area contributed by atoms with Crippen LogP contribution in [0.15, 0.2) is 29.2 Å². The SMILES string of the molecule is O=S(=O)(NCCC1=CCCCC1)c1cnc[nH]1. The van der Waals surface area contributed by atoms with E-state index in [9.17, 15) is 8.42 Å². The highest BCUT2D eigenvalue weighted by molar-refractivity contribution is 7.89. The van der Waals surface area contributed by atoms with Crippen molar-refractivity contribution >= 4 is 10.0 Å². The summed E-state index contributed by atoms with van der Waals surface area (Å²) in [5.41, 5.74) is 1.36. The lowest BCUT2D eigenvalue weighted by molar-refractivity contribution is 0.576. The predicted molar refractivity (Wildman–Crippen MR) is 64.9 cm³/mol. The number of rotatable bonds is 5. The van der Waals surface area contributed by atoms with Crippen molar-refractivity contribution in [1.82, 2.24) is 14.7 Å². The Morgan fingerprint density at radius 3 is 2.94 bits per heavy atom. The molecule has 1 aromatic rings. The summed E-state index contributed by atoms with van der Waals surface area (Å²) in [5, 5.41) is 0.120. The number of imidazole rings is 1. The van der Waals surface area contributed by atoms with Crippen molar-refractivity contribution in [1.29, 1.82) is 0 Å². The van der Waals surface area contributed by atoms with E-state index in [1.807, 2.05) is 0 Å². The van der Waals surface area contributed by atoms with E-state index < -0.39 is 10.0 Å². The average Bonchev–Trinajstić information content (AvgIpc) is 2.84. The van der Waals surface area contributed by atoms with Crippen molar-refractivity contribution in [2.75, 3.05) is 6.54 Å². The molecule has 0 aliphatic heterocycles. The third-order valence-electron chi connectivity index (χ3n) is 2.89. The molecular formula is C11H17N3O2S. The van der Waals surface area contributed by atoms with Gasteiger partial charge in [0, 0.05) is 6.54 Å². The van der Waals surface area contributed by atoms with Gasteiger partial charge >= 0.3 is 0 Å². The Bertz CT molecular complexity index is 477. The summed E-state index contributed by atoms with van der Waals surface area (Å²) < 4.78 is 26.0. The molecule has 5 nitrogen and oxygen atoms in total. The first kappa shape index (κ1) is 12.3. The molecule has 0 bridgehead atoms. The fourth-order valence-electron chi connectivity index (χ4n) is 1.95. The largest absolute Gasteiger partial charge is 0.335 e.